The summed E-state index contributed by atoms with van der Waals surface area (Å²) >= 11 is 2.90. The third-order valence-electron chi connectivity index (χ3n) is 4.29. The highest BCUT2D eigenvalue weighted by Gasteiger charge is 2.10. The number of rotatable bonds is 9. The highest BCUT2D eigenvalue weighted by molar-refractivity contribution is 8.03. The zero-order chi connectivity index (χ0) is 23.5. The normalized spacial score (nSPS) is 11.1. The van der Waals surface area contributed by atoms with Gasteiger partial charge in [-0.3, -0.25) is 14.6 Å². The fourth-order valence-electron chi connectivity index (χ4n) is 2.73. The van der Waals surface area contributed by atoms with Gasteiger partial charge in [-0.15, -0.1) is 11.3 Å². The standard InChI is InChI=1S/C17H20N4O2S.C6H6OS/c1-19-15(16(18)23)17(20-2)24-10-21-14-6-5-12-7-11(9-22)3-4-13(12)8-14;1-5-2-3-6(4-7)8-5/h3-8,20-22H,1,9-10H2,2H3,(H2,18,23);2-4H,1H3/b17-15-;. The van der Waals surface area contributed by atoms with Crippen molar-refractivity contribution < 1.29 is 14.7 Å². The minimum atomic E-state index is -0.618. The molecule has 1 amide bonds. The second-order valence-electron chi connectivity index (χ2n) is 6.54. The van der Waals surface area contributed by atoms with Gasteiger partial charge in [0.15, 0.2) is 12.0 Å². The number of benzene rings is 2. The molecule has 0 fully saturated rings. The molecule has 5 N–H and O–H groups in total. The molecule has 0 unspecified atom stereocenters. The molecule has 0 radical (unpaired) electrons. The Morgan fingerprint density at radius 3 is 2.47 bits per heavy atom. The quantitative estimate of drug-likeness (QED) is 0.163. The molecule has 0 saturated heterocycles. The molecular formula is C23H26N4O3S2. The van der Waals surface area contributed by atoms with Crippen LogP contribution in [0.1, 0.15) is 20.1 Å². The number of aldehydes is 1. The van der Waals surface area contributed by atoms with Gasteiger partial charge in [0, 0.05) is 17.6 Å². The summed E-state index contributed by atoms with van der Waals surface area (Å²) in [6.07, 6.45) is 0.873. The molecule has 0 aliphatic heterocycles. The van der Waals surface area contributed by atoms with E-state index in [0.29, 0.717) is 10.9 Å². The number of anilines is 1. The largest absolute Gasteiger partial charge is 0.392 e. The topological polar surface area (TPSA) is 117 Å². The summed E-state index contributed by atoms with van der Waals surface area (Å²) in [6.45, 7) is 5.38. The summed E-state index contributed by atoms with van der Waals surface area (Å²) in [6, 6.07) is 15.6. The van der Waals surface area contributed by atoms with E-state index in [1.165, 1.54) is 28.0 Å². The molecule has 3 rings (SSSR count). The molecule has 3 aromatic rings. The Hall–Kier alpha value is -3.14. The first-order chi connectivity index (χ1) is 15.4. The van der Waals surface area contributed by atoms with Crippen molar-refractivity contribution in [3.05, 3.63) is 74.6 Å². The SMILES string of the molecule is C=N/C(C(N)=O)=C(/NC)SCNc1ccc2cc(CO)ccc2c1.Cc1ccc(C=O)s1. The molecule has 0 saturated carbocycles. The van der Waals surface area contributed by atoms with E-state index in [1.807, 2.05) is 55.5 Å². The molecule has 0 spiro atoms. The lowest BCUT2D eigenvalue weighted by Crippen LogP contribution is -2.19. The minimum absolute atomic E-state index is 0.0330. The molecule has 1 heterocycles. The van der Waals surface area contributed by atoms with E-state index in [9.17, 15) is 14.7 Å². The third-order valence-corrected chi connectivity index (χ3v) is 6.19. The van der Waals surface area contributed by atoms with Crippen LogP contribution in [0, 0.1) is 6.92 Å². The van der Waals surface area contributed by atoms with Gasteiger partial charge in [0.2, 0.25) is 0 Å². The first-order valence-corrected chi connectivity index (χ1v) is 11.4. The number of primary amides is 1. The number of aryl methyl sites for hydroxylation is 1. The Kier molecular flexibility index (Phi) is 9.93. The number of carbonyl (C=O) groups is 2. The maximum atomic E-state index is 11.3. The van der Waals surface area contributed by atoms with E-state index in [2.05, 4.69) is 22.3 Å². The number of aliphatic imine (C=N–C) groups is 1. The van der Waals surface area contributed by atoms with Gasteiger partial charge in [0.25, 0.3) is 5.91 Å². The van der Waals surface area contributed by atoms with Gasteiger partial charge < -0.3 is 21.5 Å². The first-order valence-electron chi connectivity index (χ1n) is 9.62. The van der Waals surface area contributed by atoms with Crippen LogP contribution in [0.3, 0.4) is 0 Å². The molecule has 7 nitrogen and oxygen atoms in total. The van der Waals surface area contributed by atoms with Crippen molar-refractivity contribution in [2.24, 2.45) is 10.7 Å². The van der Waals surface area contributed by atoms with E-state index >= 15 is 0 Å². The number of aliphatic hydroxyl groups excluding tert-OH is 1. The molecule has 1 aromatic heterocycles. The van der Waals surface area contributed by atoms with E-state index < -0.39 is 5.91 Å². The van der Waals surface area contributed by atoms with E-state index in [-0.39, 0.29) is 12.3 Å². The number of amides is 1. The monoisotopic (exact) mass is 470 g/mol. The van der Waals surface area contributed by atoms with Gasteiger partial charge in [-0.1, -0.05) is 30.0 Å². The number of hydrogen-bond acceptors (Lipinski definition) is 8. The summed E-state index contributed by atoms with van der Waals surface area (Å²) in [7, 11) is 1.70. The van der Waals surface area contributed by atoms with Crippen LogP contribution in [-0.2, 0) is 11.4 Å². The Morgan fingerprint density at radius 1 is 1.22 bits per heavy atom. The zero-order valence-electron chi connectivity index (χ0n) is 17.9. The van der Waals surface area contributed by atoms with Crippen molar-refractivity contribution >= 4 is 58.5 Å². The average molecular weight is 471 g/mol. The first kappa shape index (κ1) is 25.1. The lowest BCUT2D eigenvalue weighted by Gasteiger charge is -2.11. The molecule has 9 heteroatoms. The number of aliphatic hydroxyl groups is 1. The summed E-state index contributed by atoms with van der Waals surface area (Å²) in [4.78, 5) is 27.0. The van der Waals surface area contributed by atoms with Gasteiger partial charge in [0.05, 0.1) is 17.4 Å². The van der Waals surface area contributed by atoms with E-state index in [4.69, 9.17) is 5.73 Å². The average Bonchev–Trinajstić information content (AvgIpc) is 3.23. The van der Waals surface area contributed by atoms with Gasteiger partial charge in [-0.2, -0.15) is 0 Å². The van der Waals surface area contributed by atoms with Crippen LogP contribution in [-0.4, -0.2) is 36.9 Å². The third kappa shape index (κ3) is 7.23. The number of thioether (sulfide) groups is 1. The summed E-state index contributed by atoms with van der Waals surface area (Å²) in [5.41, 5.74) is 7.24. The molecule has 32 heavy (non-hydrogen) atoms. The maximum Gasteiger partial charge on any atom is 0.269 e. The van der Waals surface area contributed by atoms with Crippen LogP contribution in [0.25, 0.3) is 10.8 Å². The van der Waals surface area contributed by atoms with Crippen LogP contribution in [0.2, 0.25) is 0 Å². The predicted octanol–water partition coefficient (Wildman–Crippen LogP) is 3.88. The molecule has 2 aromatic carbocycles. The van der Waals surface area contributed by atoms with Gasteiger partial charge in [0.1, 0.15) is 5.03 Å². The Bertz CT molecular complexity index is 1130. The summed E-state index contributed by atoms with van der Waals surface area (Å²) in [5, 5.41) is 18.1. The van der Waals surface area contributed by atoms with Crippen LogP contribution in [0.5, 0.6) is 0 Å². The Labute approximate surface area is 195 Å². The van der Waals surface area contributed by atoms with Gasteiger partial charge in [-0.05, 0) is 60.3 Å². The molecule has 0 atom stereocenters. The van der Waals surface area contributed by atoms with Gasteiger partial charge in [-0.25, -0.2) is 0 Å². The van der Waals surface area contributed by atoms with E-state index in [0.717, 1.165) is 33.2 Å². The maximum absolute atomic E-state index is 11.3. The van der Waals surface area contributed by atoms with Crippen LogP contribution < -0.4 is 16.4 Å². The summed E-state index contributed by atoms with van der Waals surface area (Å²) < 4.78 is 0. The molecule has 168 valence electrons. The predicted molar refractivity (Wildman–Crippen MR) is 135 cm³/mol. The number of fused-ring (bicyclic) bond motifs is 1. The smallest absolute Gasteiger partial charge is 0.269 e. The van der Waals surface area contributed by atoms with Crippen molar-refractivity contribution in [2.45, 2.75) is 13.5 Å². The zero-order valence-corrected chi connectivity index (χ0v) is 19.6. The molecular weight excluding hydrogens is 444 g/mol. The lowest BCUT2D eigenvalue weighted by atomic mass is 10.1. The lowest BCUT2D eigenvalue weighted by molar-refractivity contribution is -0.114. The van der Waals surface area contributed by atoms with Crippen LogP contribution in [0.4, 0.5) is 5.69 Å². The minimum Gasteiger partial charge on any atom is -0.392 e. The van der Waals surface area contributed by atoms with Crippen LogP contribution in [0.15, 0.2) is 64.2 Å². The number of thiophene rings is 1. The Morgan fingerprint density at radius 2 is 1.94 bits per heavy atom. The number of nitrogens with one attached hydrogen (secondary N) is 2. The van der Waals surface area contributed by atoms with E-state index in [1.54, 1.807) is 7.05 Å². The van der Waals surface area contributed by atoms with Crippen LogP contribution >= 0.6 is 23.1 Å². The summed E-state index contributed by atoms with van der Waals surface area (Å²) in [5.74, 6) is -0.0878. The number of carbonyl (C=O) groups excluding carboxylic acids is 2. The highest BCUT2D eigenvalue weighted by atomic mass is 32.2. The van der Waals surface area contributed by atoms with Crippen molar-refractivity contribution in [1.29, 1.82) is 0 Å². The second-order valence-corrected chi connectivity index (χ2v) is 8.84. The fourth-order valence-corrected chi connectivity index (χ4v) is 4.25. The number of nitrogens with zero attached hydrogens (tertiary/aromatic N) is 1. The highest BCUT2D eigenvalue weighted by Crippen LogP contribution is 2.23. The fraction of sp³-hybridized carbons (Fsp3) is 0.174. The van der Waals surface area contributed by atoms with Crippen molar-refractivity contribution in [3.63, 3.8) is 0 Å². The molecule has 0 aliphatic rings. The number of hydrogen-bond donors (Lipinski definition) is 4. The van der Waals surface area contributed by atoms with Crippen molar-refractivity contribution in [1.82, 2.24) is 5.32 Å². The van der Waals surface area contributed by atoms with Gasteiger partial charge >= 0.3 is 0 Å². The molecule has 0 aliphatic carbocycles. The second kappa shape index (κ2) is 12.7. The number of nitrogens with two attached hydrogens (primary N) is 1. The molecule has 0 bridgehead atoms. The Balaban J connectivity index is 0.000000380. The van der Waals surface area contributed by atoms with Crippen molar-refractivity contribution in [3.8, 4) is 0 Å². The van der Waals surface area contributed by atoms with Crippen molar-refractivity contribution in [2.75, 3.05) is 18.2 Å².